The van der Waals surface area contributed by atoms with Crippen LogP contribution < -0.4 is 15.1 Å². The summed E-state index contributed by atoms with van der Waals surface area (Å²) < 4.78 is 165. The first-order valence-corrected chi connectivity index (χ1v) is 34.8. The summed E-state index contributed by atoms with van der Waals surface area (Å²) in [6, 6.07) is 21.6. The van der Waals surface area contributed by atoms with E-state index in [-0.39, 0.29) is 125 Å². The molecule has 2 aliphatic heterocycles. The fourth-order valence-electron chi connectivity index (χ4n) is 13.7. The summed E-state index contributed by atoms with van der Waals surface area (Å²) in [7, 11) is 0. The highest BCUT2D eigenvalue weighted by molar-refractivity contribution is 9.10. The van der Waals surface area contributed by atoms with Gasteiger partial charge in [0.05, 0.1) is 37.1 Å². The van der Waals surface area contributed by atoms with Gasteiger partial charge in [0.25, 0.3) is 0 Å². The van der Waals surface area contributed by atoms with Gasteiger partial charge < -0.3 is 25.1 Å². The van der Waals surface area contributed by atoms with Crippen molar-refractivity contribution in [2.45, 2.75) is 191 Å². The molecule has 4 aliphatic rings. The molecule has 2 saturated heterocycles. The Bertz CT molecular complexity index is 3560. The van der Waals surface area contributed by atoms with Crippen molar-refractivity contribution >= 4 is 102 Å². The molecule has 2 aromatic heterocycles. The highest BCUT2D eigenvalue weighted by Crippen LogP contribution is 2.42. The summed E-state index contributed by atoms with van der Waals surface area (Å²) in [6.45, 7) is 3.45. The second-order valence-corrected chi connectivity index (χ2v) is 28.2. The average Bonchev–Trinajstić information content (AvgIpc) is 0.782. The second-order valence-electron chi connectivity index (χ2n) is 25.6. The van der Waals surface area contributed by atoms with Crippen LogP contribution >= 0.6 is 67.5 Å². The second kappa shape index (κ2) is 35.8. The normalized spacial score (nSPS) is 22.7. The van der Waals surface area contributed by atoms with E-state index >= 15 is 0 Å². The number of carboxylic acids is 1. The van der Waals surface area contributed by atoms with Crippen LogP contribution in [-0.2, 0) is 69.8 Å². The molecule has 13 nitrogen and oxygen atoms in total. The first kappa shape index (κ1) is 81.2. The van der Waals surface area contributed by atoms with Crippen molar-refractivity contribution in [3.63, 3.8) is 0 Å². The minimum absolute atomic E-state index is 0. The third-order valence-electron chi connectivity index (χ3n) is 18.7. The molecular weight excluding hydrogens is 1530 g/mol. The number of aromatic nitrogens is 4. The summed E-state index contributed by atoms with van der Waals surface area (Å²) >= 11 is 17.2. The van der Waals surface area contributed by atoms with Gasteiger partial charge in [0.15, 0.2) is 0 Å². The van der Waals surface area contributed by atoms with Crippen molar-refractivity contribution < 1.29 is 77.0 Å². The molecule has 0 spiro atoms. The first-order chi connectivity index (χ1) is 46.7. The van der Waals surface area contributed by atoms with Crippen LogP contribution in [0.2, 0.25) is 0 Å². The topological polar surface area (TPSA) is 162 Å². The van der Waals surface area contributed by atoms with Crippen molar-refractivity contribution in [2.24, 2.45) is 23.7 Å². The summed E-state index contributed by atoms with van der Waals surface area (Å²) in [5.41, 5.74) is -3.68. The number of benzene rings is 4. The number of nitrogens with zero attached hydrogens (tertiary/aromatic N) is 7. The first-order valence-electron chi connectivity index (χ1n) is 32.5. The summed E-state index contributed by atoms with van der Waals surface area (Å²) in [5, 5.41) is 12.6. The number of likely N-dealkylation sites (tertiary alicyclic amines) is 1. The van der Waals surface area contributed by atoms with Gasteiger partial charge in [-0.2, -0.15) is 52.7 Å². The Kier molecular flexibility index (Phi) is 29.1. The number of halogens is 17. The SMILES string of the molecule is CC[C@@H]1C[C@H](N(Cc2cc(C(F)(F)F)cc(C(F)(F)F)c2)c2ncc(Br)cn2)C[C@H](Cc2ccccc2)N1.CC[C@@H]1C[C@H](N(Cc2cc(C(F)(F)F)cc(C(F)(F)F)c2)c2ncc(Br)cn2)C[C@H](Cc2ccccc2)N1C(=O)C1CCC(C(=O)O)CC1.Cl.O=C(Cl)C1CCC(C(=O)Cl)CC1. The molecule has 2 N–H and O–H groups in total. The fourth-order valence-corrected chi connectivity index (χ4v) is 14.5. The lowest BCUT2D eigenvalue weighted by Crippen LogP contribution is -2.59. The number of amides is 1. The van der Waals surface area contributed by atoms with E-state index in [1.165, 1.54) is 24.8 Å². The third-order valence-corrected chi connectivity index (χ3v) is 20.2. The Morgan fingerprint density at radius 1 is 0.490 bits per heavy atom. The number of hydrogen-bond donors (Lipinski definition) is 2. The van der Waals surface area contributed by atoms with Crippen molar-refractivity contribution in [2.75, 3.05) is 9.80 Å². The molecule has 4 fully saturated rings. The van der Waals surface area contributed by atoms with E-state index in [0.29, 0.717) is 98.8 Å². The van der Waals surface area contributed by atoms with Crippen LogP contribution in [-0.4, -0.2) is 88.6 Å². The van der Waals surface area contributed by atoms with E-state index in [4.69, 9.17) is 23.2 Å². The number of hydrogen-bond acceptors (Lipinski definition) is 11. The van der Waals surface area contributed by atoms with Gasteiger partial charge >= 0.3 is 30.7 Å². The van der Waals surface area contributed by atoms with Crippen molar-refractivity contribution in [3.05, 3.63) is 175 Å². The maximum atomic E-state index is 14.3. The standard InChI is InChI=1S/C35H37BrF6N4O3.C27H27BrF6N4.C8H10Cl2O2.ClH/c1-2-28-16-29(17-30(14-21-6-4-3-5-7-21)46(28)31(47)23-8-10-24(11-9-23)32(48)49)45(33-43-18-27(36)19-44-33)20-22-12-25(34(37,38)39)15-26(13-22)35(40,41)42;1-2-22-12-24(13-23(37-22)10-17-6-4-3-5-7-17)38(25-35-14-21(28)15-36-25)16-18-8-19(26(29,30)31)11-20(9-18)27(32,33)34;9-7(11)5-1-2-6(4-3-5)8(10)12;/h3-7,12-13,15,18-19,23-24,28-30H,2,8-11,14,16-17,20H2,1H3,(H,48,49);3-9,11,14-15,22-24,37H,2,10,12-13,16H2,1H3;5-6H,1-4H2;1H/t23?,24?,28-,29+,30+;22-,23+,24+;;/m11../s1. The van der Waals surface area contributed by atoms with Crippen LogP contribution in [0.15, 0.2) is 131 Å². The molecule has 30 heteroatoms. The Balaban J connectivity index is 0.000000243. The van der Waals surface area contributed by atoms with E-state index < -0.39 is 64.9 Å². The highest BCUT2D eigenvalue weighted by atomic mass is 79.9. The van der Waals surface area contributed by atoms with Gasteiger partial charge in [0.1, 0.15) is 0 Å². The molecule has 0 radical (unpaired) electrons. The lowest BCUT2D eigenvalue weighted by Gasteiger charge is -2.49. The molecule has 2 aliphatic carbocycles. The Morgan fingerprint density at radius 3 is 1.20 bits per heavy atom. The van der Waals surface area contributed by atoms with Crippen molar-refractivity contribution in [1.82, 2.24) is 30.2 Å². The van der Waals surface area contributed by atoms with Gasteiger partial charge in [-0.25, -0.2) is 19.9 Å². The number of aliphatic carboxylic acids is 1. The summed E-state index contributed by atoms with van der Waals surface area (Å²) in [6.07, 6.45) is -4.76. The molecule has 1 amide bonds. The predicted octanol–water partition coefficient (Wildman–Crippen LogP) is 18.7. The van der Waals surface area contributed by atoms with Crippen LogP contribution in [0, 0.1) is 23.7 Å². The van der Waals surface area contributed by atoms with E-state index in [0.717, 1.165) is 48.2 Å². The molecule has 4 aromatic carbocycles. The van der Waals surface area contributed by atoms with Gasteiger partial charge in [-0.15, -0.1) is 12.4 Å². The number of carbonyl (C=O) groups is 4. The number of carbonyl (C=O) groups excluding carboxylic acids is 3. The predicted molar refractivity (Wildman–Crippen MR) is 364 cm³/mol. The zero-order valence-electron chi connectivity index (χ0n) is 54.2. The molecule has 6 aromatic rings. The minimum Gasteiger partial charge on any atom is -0.481 e. The zero-order valence-corrected chi connectivity index (χ0v) is 59.7. The molecule has 6 atom stereocenters. The number of nitrogens with one attached hydrogen (secondary N) is 1. The largest absolute Gasteiger partial charge is 0.481 e. The molecule has 0 bridgehead atoms. The van der Waals surface area contributed by atoms with Gasteiger partial charge in [0, 0.05) is 91.9 Å². The van der Waals surface area contributed by atoms with Gasteiger partial charge in [-0.05, 0) is 216 Å². The number of anilines is 2. The molecule has 2 saturated carbocycles. The Hall–Kier alpha value is -6.13. The summed E-state index contributed by atoms with van der Waals surface area (Å²) in [4.78, 5) is 70.1. The van der Waals surface area contributed by atoms with Crippen LogP contribution in [0.1, 0.15) is 148 Å². The van der Waals surface area contributed by atoms with Crippen LogP contribution in [0.4, 0.5) is 64.6 Å². The molecule has 0 unspecified atom stereocenters. The number of alkyl halides is 12. The number of carboxylic acid groups (broad SMARTS) is 1. The van der Waals surface area contributed by atoms with Gasteiger partial charge in [-0.3, -0.25) is 19.2 Å². The van der Waals surface area contributed by atoms with Crippen molar-refractivity contribution in [1.29, 1.82) is 0 Å². The number of rotatable bonds is 18. The molecule has 10 rings (SSSR count). The number of piperidine rings is 2. The monoisotopic (exact) mass is 1600 g/mol. The van der Waals surface area contributed by atoms with Crippen LogP contribution in [0.5, 0.6) is 0 Å². The Morgan fingerprint density at radius 2 is 0.840 bits per heavy atom. The smallest absolute Gasteiger partial charge is 0.416 e. The van der Waals surface area contributed by atoms with Gasteiger partial charge in [-0.1, -0.05) is 74.5 Å². The minimum atomic E-state index is -5.00. The van der Waals surface area contributed by atoms with E-state index in [1.54, 1.807) is 9.80 Å². The van der Waals surface area contributed by atoms with Gasteiger partial charge in [0.2, 0.25) is 28.3 Å². The average molecular weight is 1600 g/mol. The quantitative estimate of drug-likeness (QED) is 0.0620. The third kappa shape index (κ3) is 22.9. The lowest BCUT2D eigenvalue weighted by molar-refractivity contribution is -0.149. The highest BCUT2D eigenvalue weighted by Gasteiger charge is 2.45. The molecular formula is C70H75Br2Cl3F12N8O5. The molecule has 100 heavy (non-hydrogen) atoms. The van der Waals surface area contributed by atoms with E-state index in [2.05, 4.69) is 57.1 Å². The Labute approximate surface area is 604 Å². The fraction of sp³-hybridized carbons (Fsp3) is 0.486. The summed E-state index contributed by atoms with van der Waals surface area (Å²) in [5.74, 6) is -1.45. The van der Waals surface area contributed by atoms with Crippen LogP contribution in [0.3, 0.4) is 0 Å². The lowest BCUT2D eigenvalue weighted by atomic mass is 9.79. The molecule has 4 heterocycles. The van der Waals surface area contributed by atoms with Crippen molar-refractivity contribution in [3.8, 4) is 0 Å². The maximum Gasteiger partial charge on any atom is 0.416 e. The zero-order chi connectivity index (χ0) is 72.1. The van der Waals surface area contributed by atoms with Crippen LogP contribution in [0.25, 0.3) is 0 Å². The maximum absolute atomic E-state index is 14.3. The molecule has 544 valence electrons. The van der Waals surface area contributed by atoms with E-state index in [1.807, 2.05) is 79.4 Å². The van der Waals surface area contributed by atoms with E-state index in [9.17, 15) is 77.0 Å².